The van der Waals surface area contributed by atoms with Gasteiger partial charge in [0.25, 0.3) is 5.83 Å². The molecule has 1 aliphatic heterocycles. The minimum absolute atomic E-state index is 0.0332. The summed E-state index contributed by atoms with van der Waals surface area (Å²) in [5, 5.41) is 11.7. The van der Waals surface area contributed by atoms with Crippen molar-refractivity contribution in [1.82, 2.24) is 0 Å². The predicted molar refractivity (Wildman–Crippen MR) is 69.7 cm³/mol. The number of carboxylic acids is 1. The van der Waals surface area contributed by atoms with Crippen LogP contribution in [-0.2, 0) is 14.3 Å². The number of carboxylic acid groups (broad SMARTS) is 1. The van der Waals surface area contributed by atoms with Crippen molar-refractivity contribution in [2.24, 2.45) is 5.92 Å². The molecule has 19 heavy (non-hydrogen) atoms. The minimum atomic E-state index is -1.14. The van der Waals surface area contributed by atoms with Crippen molar-refractivity contribution in [3.05, 3.63) is 22.2 Å². The maximum atomic E-state index is 13.3. The summed E-state index contributed by atoms with van der Waals surface area (Å²) in [6.07, 6.45) is 0.852. The number of hydrogen-bond acceptors (Lipinski definition) is 4. The predicted octanol–water partition coefficient (Wildman–Crippen LogP) is 3.05. The summed E-state index contributed by atoms with van der Waals surface area (Å²) in [5.41, 5.74) is -0.665. The number of carbonyl (C=O) groups is 2. The van der Waals surface area contributed by atoms with E-state index in [2.05, 4.69) is 5.41 Å². The number of allylic oxidation sites excluding steroid dienone is 3. The van der Waals surface area contributed by atoms with Crippen LogP contribution in [0.3, 0.4) is 0 Å². The van der Waals surface area contributed by atoms with E-state index in [1.807, 2.05) is 0 Å². The topological polar surface area (TPSA) is 63.6 Å². The summed E-state index contributed by atoms with van der Waals surface area (Å²) in [6.45, 7) is 5.11. The van der Waals surface area contributed by atoms with E-state index < -0.39 is 29.3 Å². The highest BCUT2D eigenvalue weighted by Crippen LogP contribution is 2.35. The van der Waals surface area contributed by atoms with E-state index >= 15 is 0 Å². The van der Waals surface area contributed by atoms with Gasteiger partial charge in [0.2, 0.25) is 6.08 Å². The summed E-state index contributed by atoms with van der Waals surface area (Å²) in [7, 11) is 0. The zero-order chi connectivity index (χ0) is 14.6. The summed E-state index contributed by atoms with van der Waals surface area (Å²) in [6, 6.07) is 0. The lowest BCUT2D eigenvalue weighted by atomic mass is 10.0. The van der Waals surface area contributed by atoms with Crippen molar-refractivity contribution in [2.75, 3.05) is 0 Å². The van der Waals surface area contributed by atoms with Crippen LogP contribution < -0.4 is 0 Å². The third-order valence-electron chi connectivity index (χ3n) is 2.25. The lowest BCUT2D eigenvalue weighted by Crippen LogP contribution is -2.27. The minimum Gasteiger partial charge on any atom is -0.481 e. The molecule has 0 spiro atoms. The van der Waals surface area contributed by atoms with Gasteiger partial charge in [-0.1, -0.05) is 4.39 Å². The molecule has 0 amide bonds. The first kappa shape index (κ1) is 15.7. The van der Waals surface area contributed by atoms with E-state index in [9.17, 15) is 14.0 Å². The third kappa shape index (κ3) is 5.41. The van der Waals surface area contributed by atoms with Crippen LogP contribution in [0.5, 0.6) is 0 Å². The number of esters is 1. The Balaban J connectivity index is 2.62. The zero-order valence-corrected chi connectivity index (χ0v) is 11.8. The van der Waals surface area contributed by atoms with Crippen molar-refractivity contribution in [2.45, 2.75) is 39.2 Å². The first-order valence-corrected chi connectivity index (χ1v) is 6.59. The van der Waals surface area contributed by atoms with Crippen molar-refractivity contribution in [1.29, 1.82) is 0 Å². The Hall–Kier alpha value is -1.39. The maximum Gasteiger partial charge on any atom is 0.307 e. The molecule has 1 aliphatic rings. The standard InChI is InChI=1S/C13H15FO4S/c1-13(2,3)18-11(15)7-8(12(16)17)6-10-9(14)4-5-19-10/h4,8H,6-7H2,1-3H3/p+1. The fraction of sp³-hybridized carbons (Fsp3) is 0.538. The second-order valence-electron chi connectivity index (χ2n) is 5.17. The van der Waals surface area contributed by atoms with Crippen LogP contribution in [0.15, 0.2) is 16.8 Å². The molecule has 6 heteroatoms. The number of ether oxygens (including phenoxy) is 1. The Morgan fingerprint density at radius 1 is 1.53 bits per heavy atom. The Morgan fingerprint density at radius 2 is 2.16 bits per heavy atom. The second kappa shape index (κ2) is 6.17. The number of halogens is 1. The van der Waals surface area contributed by atoms with Gasteiger partial charge in [0.1, 0.15) is 10.5 Å². The van der Waals surface area contributed by atoms with Gasteiger partial charge >= 0.3 is 11.9 Å². The molecule has 0 aromatic heterocycles. The van der Waals surface area contributed by atoms with Gasteiger partial charge in [-0.05, 0) is 20.8 Å². The van der Waals surface area contributed by atoms with Crippen LogP contribution in [0.1, 0.15) is 33.6 Å². The van der Waals surface area contributed by atoms with E-state index in [0.717, 1.165) is 17.8 Å². The molecule has 0 aliphatic carbocycles. The fourth-order valence-electron chi connectivity index (χ4n) is 1.48. The first-order valence-electron chi connectivity index (χ1n) is 5.78. The zero-order valence-electron chi connectivity index (χ0n) is 11.0. The molecule has 4 nitrogen and oxygen atoms in total. The molecule has 104 valence electrons. The highest BCUT2D eigenvalue weighted by atomic mass is 32.2. The Morgan fingerprint density at radius 3 is 2.58 bits per heavy atom. The molecule has 0 saturated heterocycles. The number of rotatable bonds is 5. The smallest absolute Gasteiger partial charge is 0.307 e. The van der Waals surface area contributed by atoms with Crippen molar-refractivity contribution in [3.8, 4) is 0 Å². The Kier molecular flexibility index (Phi) is 5.09. The number of aliphatic carboxylic acids is 1. The second-order valence-corrected chi connectivity index (χ2v) is 6.10. The lowest BCUT2D eigenvalue weighted by Gasteiger charge is -2.20. The average molecular weight is 287 g/mol. The van der Waals surface area contributed by atoms with E-state index in [1.54, 1.807) is 20.8 Å². The summed E-state index contributed by atoms with van der Waals surface area (Å²) < 4.78 is 18.3. The fourth-order valence-corrected chi connectivity index (χ4v) is 2.22. The molecule has 1 rings (SSSR count). The highest BCUT2D eigenvalue weighted by molar-refractivity contribution is 8.04. The van der Waals surface area contributed by atoms with Crippen LogP contribution in [0.25, 0.3) is 0 Å². The monoisotopic (exact) mass is 287 g/mol. The van der Waals surface area contributed by atoms with E-state index in [4.69, 9.17) is 9.84 Å². The van der Waals surface area contributed by atoms with E-state index in [0.29, 0.717) is 0 Å². The van der Waals surface area contributed by atoms with Gasteiger partial charge in [-0.2, -0.15) is 0 Å². The molecule has 1 unspecified atom stereocenters. The molecule has 0 aromatic carbocycles. The Labute approximate surface area is 115 Å². The molecular weight excluding hydrogens is 271 g/mol. The van der Waals surface area contributed by atoms with Gasteiger partial charge in [-0.3, -0.25) is 9.59 Å². The molecule has 1 heterocycles. The van der Waals surface area contributed by atoms with Crippen molar-refractivity contribution < 1.29 is 23.8 Å². The van der Waals surface area contributed by atoms with E-state index in [-0.39, 0.29) is 17.7 Å². The van der Waals surface area contributed by atoms with Crippen LogP contribution in [0, 0.1) is 11.3 Å². The molecule has 1 N–H and O–H groups in total. The van der Waals surface area contributed by atoms with E-state index in [1.165, 1.54) is 0 Å². The number of carbonyl (C=O) groups excluding carboxylic acids is 1. The van der Waals surface area contributed by atoms with Crippen LogP contribution in [-0.4, -0.2) is 22.6 Å². The normalized spacial score (nSPS) is 16.2. The first-order chi connectivity index (χ1) is 8.69. The van der Waals surface area contributed by atoms with Gasteiger partial charge < -0.3 is 9.84 Å². The number of hydrogen-bond donors (Lipinski definition) is 1. The Bertz CT molecular complexity index is 434. The van der Waals surface area contributed by atoms with Crippen molar-refractivity contribution in [3.63, 3.8) is 0 Å². The van der Waals surface area contributed by atoms with Gasteiger partial charge in [0, 0.05) is 6.42 Å². The number of thioether (sulfide) groups is 1. The van der Waals surface area contributed by atoms with Gasteiger partial charge in [-0.15, -0.1) is 0 Å². The average Bonchev–Trinajstić information content (AvgIpc) is 2.60. The molecule has 0 bridgehead atoms. The summed E-state index contributed by atoms with van der Waals surface area (Å²) >= 11 is 1.02. The molecule has 0 radical (unpaired) electrons. The van der Waals surface area contributed by atoms with Gasteiger partial charge in [-0.25, -0.2) is 0 Å². The third-order valence-corrected chi connectivity index (χ3v) is 3.09. The quantitative estimate of drug-likeness (QED) is 0.622. The van der Waals surface area contributed by atoms with Gasteiger partial charge in [0.05, 0.1) is 24.1 Å². The van der Waals surface area contributed by atoms with Crippen LogP contribution >= 0.6 is 11.8 Å². The van der Waals surface area contributed by atoms with Crippen molar-refractivity contribution >= 4 is 23.7 Å². The van der Waals surface area contributed by atoms with Crippen LogP contribution in [0.4, 0.5) is 4.39 Å². The summed E-state index contributed by atoms with van der Waals surface area (Å²) in [5.74, 6) is -3.21. The summed E-state index contributed by atoms with van der Waals surface area (Å²) in [4.78, 5) is 23.0. The molecule has 0 aromatic rings. The largest absolute Gasteiger partial charge is 0.481 e. The molecule has 0 saturated carbocycles. The molecular formula is C13H16FO4S+. The molecule has 1 atom stereocenters. The molecule has 0 fully saturated rings. The maximum absolute atomic E-state index is 13.3. The SMILES string of the molecule is CC(C)(C)OC(=O)CC(CC1=C(F)C=[C+]S1)C(=O)O. The lowest BCUT2D eigenvalue weighted by molar-refractivity contribution is -0.159. The highest BCUT2D eigenvalue weighted by Gasteiger charge is 2.31. The van der Waals surface area contributed by atoms with Gasteiger partial charge in [0.15, 0.2) is 5.41 Å². The van der Waals surface area contributed by atoms with Crippen LogP contribution in [0.2, 0.25) is 0 Å².